The van der Waals surface area contributed by atoms with Crippen LogP contribution in [0.15, 0.2) is 18.5 Å². The van der Waals surface area contributed by atoms with Crippen molar-refractivity contribution in [2.75, 3.05) is 24.5 Å². The topological polar surface area (TPSA) is 28.2 Å². The fourth-order valence-corrected chi connectivity index (χ4v) is 2.48. The molecule has 15 heavy (non-hydrogen) atoms. The molecule has 2 fully saturated rings. The maximum absolute atomic E-state index is 5.36. The highest BCUT2D eigenvalue weighted by molar-refractivity contribution is 5.53. The van der Waals surface area contributed by atoms with Gasteiger partial charge < -0.3 is 10.2 Å². The molecule has 2 aliphatic rings. The average Bonchev–Trinajstić information content (AvgIpc) is 2.61. The highest BCUT2D eigenvalue weighted by atomic mass is 15.3. The minimum absolute atomic E-state index is 0.653. The summed E-state index contributed by atoms with van der Waals surface area (Å²) in [7, 11) is 0. The first-order valence-corrected chi connectivity index (χ1v) is 5.27. The van der Waals surface area contributed by atoms with Crippen LogP contribution in [0.4, 0.5) is 5.69 Å². The van der Waals surface area contributed by atoms with Crippen LogP contribution in [-0.2, 0) is 0 Å². The van der Waals surface area contributed by atoms with Crippen molar-refractivity contribution in [2.24, 2.45) is 5.92 Å². The van der Waals surface area contributed by atoms with E-state index in [2.05, 4.69) is 21.1 Å². The van der Waals surface area contributed by atoms with Crippen molar-refractivity contribution in [3.63, 3.8) is 0 Å². The lowest BCUT2D eigenvalue weighted by Crippen LogP contribution is -2.55. The summed E-state index contributed by atoms with van der Waals surface area (Å²) in [6.45, 7) is 3.38. The molecule has 1 N–H and O–H groups in total. The van der Waals surface area contributed by atoms with Gasteiger partial charge in [0.25, 0.3) is 0 Å². The van der Waals surface area contributed by atoms with Crippen LogP contribution in [0.1, 0.15) is 5.56 Å². The lowest BCUT2D eigenvalue weighted by Gasteiger charge is -2.45. The molecule has 0 aromatic carbocycles. The summed E-state index contributed by atoms with van der Waals surface area (Å²) in [4.78, 5) is 6.56. The zero-order valence-electron chi connectivity index (χ0n) is 8.48. The number of nitrogens with zero attached hydrogens (tertiary/aromatic N) is 2. The molecule has 3 heteroatoms. The average molecular weight is 199 g/mol. The smallest absolute Gasteiger partial charge is 0.0568 e. The third-order valence-electron chi connectivity index (χ3n) is 3.36. The highest BCUT2D eigenvalue weighted by Gasteiger charge is 2.42. The quantitative estimate of drug-likeness (QED) is 0.666. The fraction of sp³-hybridized carbons (Fsp3) is 0.417. The van der Waals surface area contributed by atoms with Gasteiger partial charge in [0, 0.05) is 43.4 Å². The fourth-order valence-electron chi connectivity index (χ4n) is 2.48. The number of terminal acetylenes is 1. The number of fused-ring (bicyclic) bond motifs is 1. The number of anilines is 1. The van der Waals surface area contributed by atoms with Crippen molar-refractivity contribution in [1.29, 1.82) is 0 Å². The standard InChI is InChI=1S/C12H13N3/c1-2-9-3-11(6-13-4-9)15-8-10-5-14-7-12(10)15/h1,3-4,6,10,12,14H,5,7-8H2/t10-,12+/m1/s1. The van der Waals surface area contributed by atoms with E-state index in [1.807, 2.05) is 12.3 Å². The monoisotopic (exact) mass is 199 g/mol. The third kappa shape index (κ3) is 1.30. The number of aromatic nitrogens is 1. The van der Waals surface area contributed by atoms with Gasteiger partial charge in [-0.2, -0.15) is 0 Å². The molecule has 2 saturated heterocycles. The molecule has 3 rings (SSSR count). The lowest BCUT2D eigenvalue weighted by atomic mass is 9.91. The highest BCUT2D eigenvalue weighted by Crippen LogP contribution is 2.32. The second kappa shape index (κ2) is 3.25. The first-order valence-electron chi connectivity index (χ1n) is 5.27. The Balaban J connectivity index is 1.85. The van der Waals surface area contributed by atoms with Crippen molar-refractivity contribution < 1.29 is 0 Å². The van der Waals surface area contributed by atoms with Gasteiger partial charge in [0.2, 0.25) is 0 Å². The van der Waals surface area contributed by atoms with Crippen molar-refractivity contribution in [1.82, 2.24) is 10.3 Å². The minimum atomic E-state index is 0.653. The van der Waals surface area contributed by atoms with Gasteiger partial charge >= 0.3 is 0 Å². The Labute approximate surface area is 89.5 Å². The van der Waals surface area contributed by atoms with E-state index in [-0.39, 0.29) is 0 Å². The lowest BCUT2D eigenvalue weighted by molar-refractivity contribution is 0.365. The Hall–Kier alpha value is -1.53. The summed E-state index contributed by atoms with van der Waals surface area (Å²) < 4.78 is 0. The summed E-state index contributed by atoms with van der Waals surface area (Å²) in [5, 5.41) is 3.41. The zero-order valence-corrected chi connectivity index (χ0v) is 8.48. The van der Waals surface area contributed by atoms with E-state index in [0.29, 0.717) is 6.04 Å². The maximum atomic E-state index is 5.36. The first-order chi connectivity index (χ1) is 7.38. The molecule has 3 heterocycles. The molecule has 0 unspecified atom stereocenters. The van der Waals surface area contributed by atoms with Crippen LogP contribution in [0, 0.1) is 18.3 Å². The van der Waals surface area contributed by atoms with Crippen LogP contribution in [0.2, 0.25) is 0 Å². The number of hydrogen-bond donors (Lipinski definition) is 1. The second-order valence-electron chi connectivity index (χ2n) is 4.21. The van der Waals surface area contributed by atoms with Gasteiger partial charge in [0.1, 0.15) is 0 Å². The summed E-state index contributed by atoms with van der Waals surface area (Å²) >= 11 is 0. The molecule has 1 aromatic heterocycles. The van der Waals surface area contributed by atoms with Gasteiger partial charge in [-0.25, -0.2) is 0 Å². The molecule has 0 amide bonds. The van der Waals surface area contributed by atoms with Crippen molar-refractivity contribution in [2.45, 2.75) is 6.04 Å². The van der Waals surface area contributed by atoms with Gasteiger partial charge in [-0.15, -0.1) is 6.42 Å². The number of nitrogens with one attached hydrogen (secondary N) is 1. The van der Waals surface area contributed by atoms with E-state index in [0.717, 1.165) is 36.8 Å². The SMILES string of the molecule is C#Cc1cncc(N2C[C@H]3CNC[C@@H]32)c1. The Morgan fingerprint density at radius 1 is 1.47 bits per heavy atom. The Morgan fingerprint density at radius 3 is 3.20 bits per heavy atom. The summed E-state index contributed by atoms with van der Waals surface area (Å²) in [5.74, 6) is 3.44. The molecule has 2 aliphatic heterocycles. The van der Waals surface area contributed by atoms with E-state index in [1.54, 1.807) is 6.20 Å². The Morgan fingerprint density at radius 2 is 2.40 bits per heavy atom. The Kier molecular flexibility index (Phi) is 1.90. The summed E-state index contributed by atoms with van der Waals surface area (Å²) in [5.41, 5.74) is 2.03. The van der Waals surface area contributed by atoms with E-state index < -0.39 is 0 Å². The Bertz CT molecular complexity index is 421. The summed E-state index contributed by atoms with van der Waals surface area (Å²) in [6, 6.07) is 2.70. The second-order valence-corrected chi connectivity index (χ2v) is 4.21. The van der Waals surface area contributed by atoms with Gasteiger partial charge in [0.05, 0.1) is 11.9 Å². The zero-order chi connectivity index (χ0) is 10.3. The van der Waals surface area contributed by atoms with Gasteiger partial charge in [0.15, 0.2) is 0 Å². The maximum Gasteiger partial charge on any atom is 0.0568 e. The van der Waals surface area contributed by atoms with Crippen LogP contribution in [-0.4, -0.2) is 30.7 Å². The number of rotatable bonds is 1. The molecule has 0 aliphatic carbocycles. The van der Waals surface area contributed by atoms with Crippen LogP contribution < -0.4 is 10.2 Å². The molecule has 1 aromatic rings. The van der Waals surface area contributed by atoms with Crippen molar-refractivity contribution in [3.8, 4) is 12.3 Å². The van der Waals surface area contributed by atoms with E-state index in [4.69, 9.17) is 6.42 Å². The van der Waals surface area contributed by atoms with Gasteiger partial charge in [-0.1, -0.05) is 5.92 Å². The summed E-state index contributed by atoms with van der Waals surface area (Å²) in [6.07, 6.45) is 8.99. The predicted molar refractivity (Wildman–Crippen MR) is 59.7 cm³/mol. The largest absolute Gasteiger partial charge is 0.365 e. The molecule has 0 radical (unpaired) electrons. The van der Waals surface area contributed by atoms with Gasteiger partial charge in [-0.3, -0.25) is 4.98 Å². The molecule has 3 nitrogen and oxygen atoms in total. The minimum Gasteiger partial charge on any atom is -0.365 e. The molecular formula is C12H13N3. The van der Waals surface area contributed by atoms with Crippen molar-refractivity contribution >= 4 is 5.69 Å². The molecular weight excluding hydrogens is 186 g/mol. The third-order valence-corrected chi connectivity index (χ3v) is 3.36. The van der Waals surface area contributed by atoms with Crippen LogP contribution in [0.5, 0.6) is 0 Å². The first kappa shape index (κ1) is 8.75. The molecule has 76 valence electrons. The van der Waals surface area contributed by atoms with E-state index in [1.165, 1.54) is 0 Å². The van der Waals surface area contributed by atoms with Crippen LogP contribution in [0.25, 0.3) is 0 Å². The number of hydrogen-bond acceptors (Lipinski definition) is 3. The van der Waals surface area contributed by atoms with E-state index >= 15 is 0 Å². The van der Waals surface area contributed by atoms with E-state index in [9.17, 15) is 0 Å². The predicted octanol–water partition coefficient (Wildman–Crippen LogP) is 0.471. The number of pyridine rings is 1. The molecule has 0 spiro atoms. The van der Waals surface area contributed by atoms with Gasteiger partial charge in [-0.05, 0) is 6.07 Å². The molecule has 0 bridgehead atoms. The molecule has 0 saturated carbocycles. The van der Waals surface area contributed by atoms with Crippen molar-refractivity contribution in [3.05, 3.63) is 24.0 Å². The van der Waals surface area contributed by atoms with Crippen LogP contribution in [0.3, 0.4) is 0 Å². The van der Waals surface area contributed by atoms with Crippen LogP contribution >= 0.6 is 0 Å². The normalized spacial score (nSPS) is 28.1. The molecule has 2 atom stereocenters.